The van der Waals surface area contributed by atoms with Crippen molar-refractivity contribution < 1.29 is 14.1 Å². The highest BCUT2D eigenvalue weighted by molar-refractivity contribution is 7.98. The largest absolute Gasteiger partial charge is 0.459 e. The molecule has 0 saturated carbocycles. The van der Waals surface area contributed by atoms with E-state index in [-0.39, 0.29) is 28.1 Å². The van der Waals surface area contributed by atoms with Crippen molar-refractivity contribution in [3.63, 3.8) is 0 Å². The molecular formula is C16H13N5O5S. The van der Waals surface area contributed by atoms with Gasteiger partial charge in [-0.05, 0) is 17.7 Å². The number of nitro groups is 1. The van der Waals surface area contributed by atoms with Gasteiger partial charge in [-0.25, -0.2) is 4.98 Å². The van der Waals surface area contributed by atoms with E-state index >= 15 is 0 Å². The molecule has 0 radical (unpaired) electrons. The molecule has 0 atom stereocenters. The maximum atomic E-state index is 12.2. The summed E-state index contributed by atoms with van der Waals surface area (Å²) in [4.78, 5) is 40.9. The van der Waals surface area contributed by atoms with Gasteiger partial charge in [0.1, 0.15) is 0 Å². The lowest BCUT2D eigenvalue weighted by molar-refractivity contribution is -0.384. The summed E-state index contributed by atoms with van der Waals surface area (Å²) in [5.41, 5.74) is 5.81. The lowest BCUT2D eigenvalue weighted by atomic mass is 10.2. The molecule has 1 aromatic carbocycles. The molecule has 0 aliphatic rings. The minimum absolute atomic E-state index is 0.00354. The van der Waals surface area contributed by atoms with Crippen LogP contribution in [-0.2, 0) is 5.75 Å². The SMILES string of the molecule is Nc1nc(SCc2ccc([N+](=O)[O-])cc2)[nH]c(=O)c1NC(=O)c1ccco1. The van der Waals surface area contributed by atoms with Crippen molar-refractivity contribution in [2.24, 2.45) is 0 Å². The van der Waals surface area contributed by atoms with Crippen LogP contribution in [0.4, 0.5) is 17.2 Å². The Hall–Kier alpha value is -3.60. The van der Waals surface area contributed by atoms with Gasteiger partial charge in [-0.1, -0.05) is 23.9 Å². The van der Waals surface area contributed by atoms with Gasteiger partial charge in [0.05, 0.1) is 11.2 Å². The zero-order valence-corrected chi connectivity index (χ0v) is 14.5. The smallest absolute Gasteiger partial charge is 0.291 e. The van der Waals surface area contributed by atoms with Gasteiger partial charge in [0.25, 0.3) is 17.2 Å². The lowest BCUT2D eigenvalue weighted by Gasteiger charge is -2.07. The second kappa shape index (κ2) is 7.74. The van der Waals surface area contributed by atoms with Gasteiger partial charge < -0.3 is 15.5 Å². The predicted octanol–water partition coefficient (Wildman–Crippen LogP) is 2.40. The second-order valence-electron chi connectivity index (χ2n) is 5.27. The number of benzene rings is 1. The van der Waals surface area contributed by atoms with E-state index in [0.29, 0.717) is 5.75 Å². The average molecular weight is 387 g/mol. The normalized spacial score (nSPS) is 10.5. The molecule has 0 aliphatic carbocycles. The van der Waals surface area contributed by atoms with E-state index in [1.54, 1.807) is 18.2 Å². The summed E-state index contributed by atoms with van der Waals surface area (Å²) in [6.07, 6.45) is 1.33. The number of nitrogen functional groups attached to an aromatic ring is 1. The molecular weight excluding hydrogens is 374 g/mol. The summed E-state index contributed by atoms with van der Waals surface area (Å²) >= 11 is 1.19. The first-order valence-corrected chi connectivity index (χ1v) is 8.53. The summed E-state index contributed by atoms with van der Waals surface area (Å²) in [6, 6.07) is 9.01. The summed E-state index contributed by atoms with van der Waals surface area (Å²) in [7, 11) is 0. The van der Waals surface area contributed by atoms with Crippen molar-refractivity contribution in [2.75, 3.05) is 11.1 Å². The van der Waals surface area contributed by atoms with Crippen LogP contribution in [0.25, 0.3) is 0 Å². The number of nitrogens with two attached hydrogens (primary N) is 1. The number of nitro benzene ring substituents is 1. The quantitative estimate of drug-likeness (QED) is 0.252. The third kappa shape index (κ3) is 4.33. The highest BCUT2D eigenvalue weighted by Gasteiger charge is 2.15. The van der Waals surface area contributed by atoms with Gasteiger partial charge in [-0.15, -0.1) is 0 Å². The van der Waals surface area contributed by atoms with Crippen molar-refractivity contribution in [1.29, 1.82) is 0 Å². The first kappa shape index (κ1) is 18.2. The molecule has 2 heterocycles. The van der Waals surface area contributed by atoms with Crippen LogP contribution in [0.3, 0.4) is 0 Å². The Labute approximate surface area is 155 Å². The van der Waals surface area contributed by atoms with Crippen molar-refractivity contribution >= 4 is 34.9 Å². The van der Waals surface area contributed by atoms with Gasteiger partial charge in [0.15, 0.2) is 22.4 Å². The molecule has 0 spiro atoms. The number of carbonyl (C=O) groups excluding carboxylic acids is 1. The molecule has 11 heteroatoms. The van der Waals surface area contributed by atoms with Crippen LogP contribution in [0.2, 0.25) is 0 Å². The fourth-order valence-electron chi connectivity index (χ4n) is 2.11. The molecule has 27 heavy (non-hydrogen) atoms. The van der Waals surface area contributed by atoms with Crippen molar-refractivity contribution in [1.82, 2.24) is 9.97 Å². The lowest BCUT2D eigenvalue weighted by Crippen LogP contribution is -2.22. The number of hydrogen-bond donors (Lipinski definition) is 3. The molecule has 3 rings (SSSR count). The zero-order chi connectivity index (χ0) is 19.4. The molecule has 138 valence electrons. The number of thioether (sulfide) groups is 1. The monoisotopic (exact) mass is 387 g/mol. The fraction of sp³-hybridized carbons (Fsp3) is 0.0625. The summed E-state index contributed by atoms with van der Waals surface area (Å²) in [6.45, 7) is 0. The number of nitrogens with zero attached hydrogens (tertiary/aromatic N) is 2. The Kier molecular flexibility index (Phi) is 5.22. The number of hydrogen-bond acceptors (Lipinski definition) is 8. The Morgan fingerprint density at radius 2 is 2.07 bits per heavy atom. The number of aromatic nitrogens is 2. The van der Waals surface area contributed by atoms with Gasteiger partial charge in [-0.2, -0.15) is 0 Å². The number of amides is 1. The van der Waals surface area contributed by atoms with Crippen molar-refractivity contribution in [2.45, 2.75) is 10.9 Å². The topological polar surface area (TPSA) is 157 Å². The van der Waals surface area contributed by atoms with E-state index < -0.39 is 16.4 Å². The molecule has 0 unspecified atom stereocenters. The number of non-ortho nitro benzene ring substituents is 1. The van der Waals surface area contributed by atoms with E-state index in [2.05, 4.69) is 15.3 Å². The molecule has 3 aromatic rings. The van der Waals surface area contributed by atoms with Gasteiger partial charge >= 0.3 is 0 Å². The molecule has 2 aromatic heterocycles. The van der Waals surface area contributed by atoms with Gasteiger partial charge in [0.2, 0.25) is 0 Å². The fourth-order valence-corrected chi connectivity index (χ4v) is 2.93. The van der Waals surface area contributed by atoms with E-state index in [0.717, 1.165) is 5.56 Å². The maximum Gasteiger partial charge on any atom is 0.291 e. The van der Waals surface area contributed by atoms with Crippen LogP contribution in [0.5, 0.6) is 0 Å². The van der Waals surface area contributed by atoms with E-state index in [9.17, 15) is 19.7 Å². The number of aromatic amines is 1. The first-order valence-electron chi connectivity index (χ1n) is 7.55. The third-order valence-corrected chi connectivity index (χ3v) is 4.38. The number of nitrogens with one attached hydrogen (secondary N) is 2. The van der Waals surface area contributed by atoms with E-state index in [1.165, 1.54) is 36.2 Å². The van der Waals surface area contributed by atoms with Crippen LogP contribution in [0, 0.1) is 10.1 Å². The summed E-state index contributed by atoms with van der Waals surface area (Å²) in [5.74, 6) is -0.307. The Balaban J connectivity index is 1.70. The Morgan fingerprint density at radius 1 is 1.33 bits per heavy atom. The predicted molar refractivity (Wildman–Crippen MR) is 98.6 cm³/mol. The summed E-state index contributed by atoms with van der Waals surface area (Å²) in [5, 5.41) is 13.3. The molecule has 0 aliphatic heterocycles. The number of carbonyl (C=O) groups is 1. The molecule has 0 bridgehead atoms. The number of rotatable bonds is 6. The molecule has 10 nitrogen and oxygen atoms in total. The third-order valence-electron chi connectivity index (χ3n) is 3.43. The highest BCUT2D eigenvalue weighted by atomic mass is 32.2. The van der Waals surface area contributed by atoms with Gasteiger partial charge in [-0.3, -0.25) is 24.7 Å². The van der Waals surface area contributed by atoms with Crippen LogP contribution in [0.1, 0.15) is 16.1 Å². The van der Waals surface area contributed by atoms with E-state index in [4.69, 9.17) is 10.2 Å². The van der Waals surface area contributed by atoms with E-state index in [1.807, 2.05) is 0 Å². The number of anilines is 2. The Morgan fingerprint density at radius 3 is 2.67 bits per heavy atom. The Bertz CT molecular complexity index is 1030. The van der Waals surface area contributed by atoms with Crippen molar-refractivity contribution in [3.8, 4) is 0 Å². The van der Waals surface area contributed by atoms with Gasteiger partial charge in [0, 0.05) is 17.9 Å². The molecule has 0 saturated heterocycles. The molecule has 1 amide bonds. The molecule has 0 fully saturated rings. The second-order valence-corrected chi connectivity index (χ2v) is 6.24. The minimum atomic E-state index is -0.620. The standard InChI is InChI=1S/C16H13N5O5S/c17-13-12(18-14(22)11-2-1-7-26-11)15(23)20-16(19-13)27-8-9-3-5-10(6-4-9)21(24)25/h1-7H,8H2,(H,18,22)(H3,17,19,20,23). The number of H-pyrrole nitrogens is 1. The molecule has 4 N–H and O–H groups in total. The maximum absolute atomic E-state index is 12.2. The highest BCUT2D eigenvalue weighted by Crippen LogP contribution is 2.22. The van der Waals surface area contributed by atoms with Crippen LogP contribution in [-0.4, -0.2) is 20.8 Å². The first-order chi connectivity index (χ1) is 12.9. The average Bonchev–Trinajstić information content (AvgIpc) is 3.18. The van der Waals surface area contributed by atoms with Crippen LogP contribution >= 0.6 is 11.8 Å². The van der Waals surface area contributed by atoms with Crippen LogP contribution in [0.15, 0.2) is 57.0 Å². The zero-order valence-electron chi connectivity index (χ0n) is 13.7. The summed E-state index contributed by atoms with van der Waals surface area (Å²) < 4.78 is 4.95. The number of furan rings is 1. The minimum Gasteiger partial charge on any atom is -0.459 e. The van der Waals surface area contributed by atoms with Crippen molar-refractivity contribution in [3.05, 3.63) is 74.5 Å². The van der Waals surface area contributed by atoms with Crippen LogP contribution < -0.4 is 16.6 Å².